The van der Waals surface area contributed by atoms with E-state index < -0.39 is 0 Å². The molecule has 6 heteroatoms. The Balaban J connectivity index is 1.63. The lowest BCUT2D eigenvalue weighted by molar-refractivity contribution is 0.310. The van der Waals surface area contributed by atoms with Crippen molar-refractivity contribution in [3.63, 3.8) is 0 Å². The van der Waals surface area contributed by atoms with Crippen LogP contribution in [0, 0.1) is 0 Å². The molecule has 1 aliphatic rings. The number of halogens is 1. The van der Waals surface area contributed by atoms with Crippen LogP contribution in [0.15, 0.2) is 30.6 Å². The lowest BCUT2D eigenvalue weighted by Crippen LogP contribution is -2.25. The van der Waals surface area contributed by atoms with Gasteiger partial charge in [-0.05, 0) is 19.0 Å². The first-order valence-electron chi connectivity index (χ1n) is 7.82. The Kier molecular flexibility index (Phi) is 5.08. The Hall–Kier alpha value is -1.72. The molecular formula is C17H22ClN3O2. The number of para-hydroxylation sites is 1. The lowest BCUT2D eigenvalue weighted by atomic mass is 9.97. The zero-order chi connectivity index (χ0) is 16.2. The molecule has 5 nitrogen and oxygen atoms in total. The highest BCUT2D eigenvalue weighted by molar-refractivity contribution is 6.30. The molecule has 2 heterocycles. The summed E-state index contributed by atoms with van der Waals surface area (Å²) in [6.45, 7) is 3.94. The summed E-state index contributed by atoms with van der Waals surface area (Å²) >= 11 is 5.90. The van der Waals surface area contributed by atoms with Crippen molar-refractivity contribution < 1.29 is 9.47 Å². The summed E-state index contributed by atoms with van der Waals surface area (Å²) in [4.78, 5) is 2.46. The molecule has 3 rings (SSSR count). The van der Waals surface area contributed by atoms with Gasteiger partial charge >= 0.3 is 0 Å². The zero-order valence-electron chi connectivity index (χ0n) is 13.5. The molecule has 0 radical (unpaired) electrons. The number of hydrogen-bond donors (Lipinski definition) is 0. The lowest BCUT2D eigenvalue weighted by Gasteiger charge is -2.18. The van der Waals surface area contributed by atoms with E-state index in [2.05, 4.69) is 16.1 Å². The first-order valence-corrected chi connectivity index (χ1v) is 8.20. The highest BCUT2D eigenvalue weighted by atomic mass is 35.5. The summed E-state index contributed by atoms with van der Waals surface area (Å²) < 4.78 is 12.9. The molecule has 0 aliphatic carbocycles. The van der Waals surface area contributed by atoms with Gasteiger partial charge in [0.05, 0.1) is 32.0 Å². The number of benzene rings is 1. The molecule has 1 saturated heterocycles. The minimum atomic E-state index is 0.473. The summed E-state index contributed by atoms with van der Waals surface area (Å²) in [5, 5.41) is 4.91. The van der Waals surface area contributed by atoms with Gasteiger partial charge in [0, 0.05) is 30.8 Å². The van der Waals surface area contributed by atoms with Gasteiger partial charge in [-0.1, -0.05) is 23.7 Å². The molecule has 124 valence electrons. The first-order chi connectivity index (χ1) is 11.2. The van der Waals surface area contributed by atoms with Crippen molar-refractivity contribution in [1.29, 1.82) is 0 Å². The highest BCUT2D eigenvalue weighted by Gasteiger charge is 2.27. The smallest absolute Gasteiger partial charge is 0.164 e. The normalized spacial score (nSPS) is 18.3. The summed E-state index contributed by atoms with van der Waals surface area (Å²) in [7, 11) is 3.38. The fourth-order valence-corrected chi connectivity index (χ4v) is 3.38. The van der Waals surface area contributed by atoms with Crippen molar-refractivity contribution in [1.82, 2.24) is 14.7 Å². The van der Waals surface area contributed by atoms with E-state index in [1.807, 2.05) is 23.0 Å². The molecule has 0 N–H and O–H groups in total. The predicted molar refractivity (Wildman–Crippen MR) is 90.6 cm³/mol. The van der Waals surface area contributed by atoms with Crippen molar-refractivity contribution in [2.24, 2.45) is 0 Å². The fraction of sp³-hybridized carbons (Fsp3) is 0.471. The van der Waals surface area contributed by atoms with Crippen LogP contribution in [0.3, 0.4) is 0 Å². The third kappa shape index (κ3) is 3.62. The largest absolute Gasteiger partial charge is 0.493 e. The molecule has 0 amide bonds. The molecule has 1 fully saturated rings. The number of nitrogens with zero attached hydrogens (tertiary/aromatic N) is 3. The maximum absolute atomic E-state index is 5.90. The second-order valence-corrected chi connectivity index (χ2v) is 6.23. The number of rotatable bonds is 6. The van der Waals surface area contributed by atoms with Crippen LogP contribution in [0.4, 0.5) is 0 Å². The van der Waals surface area contributed by atoms with Gasteiger partial charge in [-0.2, -0.15) is 5.10 Å². The van der Waals surface area contributed by atoms with Gasteiger partial charge in [0.1, 0.15) is 0 Å². The molecule has 1 aromatic heterocycles. The van der Waals surface area contributed by atoms with E-state index in [1.54, 1.807) is 20.4 Å². The SMILES string of the molecule is COc1cccc(C2CCN(CCn3cc(Cl)cn3)C2)c1OC. The maximum Gasteiger partial charge on any atom is 0.164 e. The van der Waals surface area contributed by atoms with Crippen LogP contribution in [-0.4, -0.2) is 48.5 Å². The van der Waals surface area contributed by atoms with Gasteiger partial charge in [0.2, 0.25) is 0 Å². The van der Waals surface area contributed by atoms with Gasteiger partial charge in [-0.15, -0.1) is 0 Å². The minimum Gasteiger partial charge on any atom is -0.493 e. The maximum atomic E-state index is 5.90. The Morgan fingerprint density at radius 3 is 2.83 bits per heavy atom. The molecular weight excluding hydrogens is 314 g/mol. The molecule has 2 aromatic rings. The van der Waals surface area contributed by atoms with Gasteiger partial charge in [-0.25, -0.2) is 0 Å². The van der Waals surface area contributed by atoms with Crippen molar-refractivity contribution >= 4 is 11.6 Å². The van der Waals surface area contributed by atoms with Crippen LogP contribution in [0.1, 0.15) is 17.9 Å². The zero-order valence-corrected chi connectivity index (χ0v) is 14.3. The number of hydrogen-bond acceptors (Lipinski definition) is 4. The Bertz CT molecular complexity index is 659. The van der Waals surface area contributed by atoms with E-state index in [4.69, 9.17) is 21.1 Å². The second-order valence-electron chi connectivity index (χ2n) is 5.79. The average Bonchev–Trinajstić information content (AvgIpc) is 3.20. The standard InChI is InChI=1S/C17H22ClN3O2/c1-22-16-5-3-4-15(17(16)23-2)13-6-7-20(11-13)8-9-21-12-14(18)10-19-21/h3-5,10,12-13H,6-9,11H2,1-2H3. The quantitative estimate of drug-likeness (QED) is 0.813. The molecule has 1 unspecified atom stereocenters. The highest BCUT2D eigenvalue weighted by Crippen LogP contribution is 2.39. The van der Waals surface area contributed by atoms with Crippen molar-refractivity contribution in [3.8, 4) is 11.5 Å². The second kappa shape index (κ2) is 7.23. The molecule has 1 aliphatic heterocycles. The van der Waals surface area contributed by atoms with Crippen LogP contribution >= 0.6 is 11.6 Å². The van der Waals surface area contributed by atoms with Crippen molar-refractivity contribution in [2.45, 2.75) is 18.9 Å². The number of likely N-dealkylation sites (tertiary alicyclic amines) is 1. The molecule has 23 heavy (non-hydrogen) atoms. The van der Waals surface area contributed by atoms with Crippen molar-refractivity contribution in [2.75, 3.05) is 33.9 Å². The van der Waals surface area contributed by atoms with Gasteiger partial charge in [0.15, 0.2) is 11.5 Å². The van der Waals surface area contributed by atoms with E-state index >= 15 is 0 Å². The van der Waals surface area contributed by atoms with Crippen LogP contribution < -0.4 is 9.47 Å². The molecule has 0 bridgehead atoms. The predicted octanol–water partition coefficient (Wildman–Crippen LogP) is 3.04. The van der Waals surface area contributed by atoms with Crippen molar-refractivity contribution in [3.05, 3.63) is 41.2 Å². The fourth-order valence-electron chi connectivity index (χ4n) is 3.23. The van der Waals surface area contributed by atoms with Crippen LogP contribution in [-0.2, 0) is 6.54 Å². The monoisotopic (exact) mass is 335 g/mol. The van der Waals surface area contributed by atoms with Gasteiger partial charge < -0.3 is 14.4 Å². The van der Waals surface area contributed by atoms with E-state index in [9.17, 15) is 0 Å². The Morgan fingerprint density at radius 1 is 1.26 bits per heavy atom. The van der Waals surface area contributed by atoms with Crippen LogP contribution in [0.5, 0.6) is 11.5 Å². The molecule has 1 atom stereocenters. The Labute approximate surface area is 141 Å². The van der Waals surface area contributed by atoms with Crippen LogP contribution in [0.25, 0.3) is 0 Å². The van der Waals surface area contributed by atoms with Gasteiger partial charge in [0.25, 0.3) is 0 Å². The number of aromatic nitrogens is 2. The summed E-state index contributed by atoms with van der Waals surface area (Å²) in [6.07, 6.45) is 4.67. The summed E-state index contributed by atoms with van der Waals surface area (Å²) in [5.74, 6) is 2.14. The molecule has 0 spiro atoms. The third-order valence-electron chi connectivity index (χ3n) is 4.39. The van der Waals surface area contributed by atoms with Gasteiger partial charge in [-0.3, -0.25) is 4.68 Å². The Morgan fingerprint density at radius 2 is 2.13 bits per heavy atom. The summed E-state index contributed by atoms with van der Waals surface area (Å²) in [6, 6.07) is 6.12. The average molecular weight is 336 g/mol. The van der Waals surface area contributed by atoms with Crippen LogP contribution in [0.2, 0.25) is 5.02 Å². The number of methoxy groups -OCH3 is 2. The van der Waals surface area contributed by atoms with E-state index in [1.165, 1.54) is 5.56 Å². The molecule has 0 saturated carbocycles. The van der Waals surface area contributed by atoms with E-state index in [0.717, 1.165) is 44.1 Å². The first kappa shape index (κ1) is 16.1. The number of ether oxygens (including phenoxy) is 2. The summed E-state index contributed by atoms with van der Waals surface area (Å²) in [5.41, 5.74) is 1.23. The third-order valence-corrected chi connectivity index (χ3v) is 4.59. The topological polar surface area (TPSA) is 39.5 Å². The van der Waals surface area contributed by atoms with E-state index in [0.29, 0.717) is 10.9 Å². The van der Waals surface area contributed by atoms with E-state index in [-0.39, 0.29) is 0 Å². The minimum absolute atomic E-state index is 0.473. The molecule has 1 aromatic carbocycles.